The lowest BCUT2D eigenvalue weighted by Crippen LogP contribution is -2.19. The first-order chi connectivity index (χ1) is 6.74. The zero-order valence-corrected chi connectivity index (χ0v) is 9.35. The van der Waals surface area contributed by atoms with Crippen molar-refractivity contribution in [1.82, 2.24) is 19.6 Å². The first kappa shape index (κ1) is 9.60. The van der Waals surface area contributed by atoms with Crippen molar-refractivity contribution in [3.8, 4) is 0 Å². The van der Waals surface area contributed by atoms with Crippen LogP contribution in [0.3, 0.4) is 0 Å². The van der Waals surface area contributed by atoms with Crippen LogP contribution in [0.1, 0.15) is 11.9 Å². The molecule has 0 N–H and O–H groups in total. The molecule has 0 saturated heterocycles. The second kappa shape index (κ2) is 3.66. The first-order valence-electron chi connectivity index (χ1n) is 4.05. The zero-order valence-electron chi connectivity index (χ0n) is 7.72. The number of aromatic nitrogens is 4. The molecule has 0 aromatic carbocycles. The second-order valence-electron chi connectivity index (χ2n) is 2.54. The molecule has 0 fully saturated rings. The van der Waals surface area contributed by atoms with Gasteiger partial charge < -0.3 is 0 Å². The van der Waals surface area contributed by atoms with Gasteiger partial charge in [-0.05, 0) is 12.7 Å². The minimum absolute atomic E-state index is 0.352. The average molecular weight is 228 g/mol. The fraction of sp³-hybridized carbons (Fsp3) is 0.429. The van der Waals surface area contributed by atoms with E-state index < -0.39 is 0 Å². The molecule has 0 aliphatic carbocycles. The highest BCUT2D eigenvalue weighted by Crippen LogP contribution is 2.13. The third-order valence-corrected chi connectivity index (χ3v) is 3.25. The van der Waals surface area contributed by atoms with Crippen LogP contribution in [-0.4, -0.2) is 25.8 Å². The molecule has 0 unspecified atom stereocenters. The van der Waals surface area contributed by atoms with Crippen LogP contribution in [-0.2, 0) is 6.42 Å². The Hall–Kier alpha value is -0.950. The number of fused-ring (bicyclic) bond motifs is 1. The maximum Gasteiger partial charge on any atom is 0.373 e. The van der Waals surface area contributed by atoms with Crippen molar-refractivity contribution in [3.63, 3.8) is 0 Å². The van der Waals surface area contributed by atoms with E-state index in [1.54, 1.807) is 0 Å². The summed E-state index contributed by atoms with van der Waals surface area (Å²) in [6.07, 6.45) is 2.65. The van der Waals surface area contributed by atoms with Gasteiger partial charge in [-0.1, -0.05) is 30.0 Å². The number of aryl methyl sites for hydroxylation is 1. The predicted molar refractivity (Wildman–Crippen MR) is 56.1 cm³/mol. The minimum atomic E-state index is -0.352. The van der Waals surface area contributed by atoms with E-state index in [1.807, 2.05) is 13.2 Å². The molecule has 2 aromatic rings. The third-order valence-electron chi connectivity index (χ3n) is 1.65. The van der Waals surface area contributed by atoms with Crippen LogP contribution in [0, 0.1) is 0 Å². The summed E-state index contributed by atoms with van der Waals surface area (Å²) in [6.45, 7) is 1.99. The summed E-state index contributed by atoms with van der Waals surface area (Å²) in [5, 5.41) is 5.49. The SMILES string of the molecule is CCc1nn2c(=O)nc(SC)nc2s1. The monoisotopic (exact) mass is 228 g/mol. The van der Waals surface area contributed by atoms with Crippen molar-refractivity contribution in [2.24, 2.45) is 0 Å². The molecular formula is C7H8N4OS2. The molecule has 0 radical (unpaired) electrons. The lowest BCUT2D eigenvalue weighted by atomic mass is 10.5. The molecule has 0 bridgehead atoms. The molecule has 2 aromatic heterocycles. The van der Waals surface area contributed by atoms with E-state index in [0.717, 1.165) is 11.4 Å². The van der Waals surface area contributed by atoms with Crippen LogP contribution >= 0.6 is 23.1 Å². The standard InChI is InChI=1S/C7H8N4OS2/c1-3-4-10-11-6(12)8-5(13-2)9-7(11)14-4/h3H2,1-2H3. The summed E-state index contributed by atoms with van der Waals surface area (Å²) in [5.41, 5.74) is -0.352. The van der Waals surface area contributed by atoms with Gasteiger partial charge in [0, 0.05) is 0 Å². The van der Waals surface area contributed by atoms with Crippen LogP contribution < -0.4 is 5.69 Å². The van der Waals surface area contributed by atoms with Gasteiger partial charge in [-0.25, -0.2) is 4.79 Å². The van der Waals surface area contributed by atoms with Gasteiger partial charge in [0.2, 0.25) is 4.96 Å². The quantitative estimate of drug-likeness (QED) is 0.712. The summed E-state index contributed by atoms with van der Waals surface area (Å²) in [7, 11) is 0. The van der Waals surface area contributed by atoms with Crippen LogP contribution in [0.4, 0.5) is 0 Å². The van der Waals surface area contributed by atoms with Gasteiger partial charge in [-0.15, -0.1) is 0 Å². The van der Waals surface area contributed by atoms with Crippen LogP contribution in [0.25, 0.3) is 4.96 Å². The van der Waals surface area contributed by atoms with Gasteiger partial charge in [0.1, 0.15) is 5.01 Å². The summed E-state index contributed by atoms with van der Waals surface area (Å²) < 4.78 is 1.25. The Morgan fingerprint density at radius 2 is 2.29 bits per heavy atom. The third kappa shape index (κ3) is 1.53. The van der Waals surface area contributed by atoms with Gasteiger partial charge >= 0.3 is 5.69 Å². The number of hydrogen-bond acceptors (Lipinski definition) is 6. The van der Waals surface area contributed by atoms with Crippen molar-refractivity contribution >= 4 is 28.1 Å². The van der Waals surface area contributed by atoms with Crippen LogP contribution in [0.2, 0.25) is 0 Å². The Bertz CT molecular complexity index is 518. The van der Waals surface area contributed by atoms with E-state index in [1.165, 1.54) is 27.6 Å². The zero-order chi connectivity index (χ0) is 10.1. The van der Waals surface area contributed by atoms with Crippen molar-refractivity contribution < 1.29 is 0 Å². The predicted octanol–water partition coefficient (Wildman–Crippen LogP) is 0.830. The van der Waals surface area contributed by atoms with Crippen molar-refractivity contribution in [3.05, 3.63) is 15.5 Å². The highest BCUT2D eigenvalue weighted by molar-refractivity contribution is 7.98. The van der Waals surface area contributed by atoms with Crippen LogP contribution in [0.15, 0.2) is 9.95 Å². The number of hydrogen-bond donors (Lipinski definition) is 0. The van der Waals surface area contributed by atoms with Crippen molar-refractivity contribution in [1.29, 1.82) is 0 Å². The summed E-state index contributed by atoms with van der Waals surface area (Å²) in [5.74, 6) is 0. The fourth-order valence-corrected chi connectivity index (χ4v) is 2.21. The van der Waals surface area contributed by atoms with Crippen molar-refractivity contribution in [2.75, 3.05) is 6.26 Å². The molecular weight excluding hydrogens is 220 g/mol. The highest BCUT2D eigenvalue weighted by Gasteiger charge is 2.07. The van der Waals surface area contributed by atoms with Gasteiger partial charge in [-0.3, -0.25) is 0 Å². The van der Waals surface area contributed by atoms with Gasteiger partial charge in [0.25, 0.3) is 0 Å². The maximum absolute atomic E-state index is 11.4. The first-order valence-corrected chi connectivity index (χ1v) is 6.09. The van der Waals surface area contributed by atoms with Gasteiger partial charge in [0.15, 0.2) is 5.16 Å². The maximum atomic E-state index is 11.4. The molecule has 0 aliphatic heterocycles. The van der Waals surface area contributed by atoms with E-state index >= 15 is 0 Å². The normalized spacial score (nSPS) is 11.0. The Labute approximate surface area is 88.2 Å². The number of thioether (sulfide) groups is 1. The Balaban J connectivity index is 2.73. The Morgan fingerprint density at radius 3 is 2.93 bits per heavy atom. The largest absolute Gasteiger partial charge is 0.373 e. The number of rotatable bonds is 2. The molecule has 0 saturated carbocycles. The molecule has 0 amide bonds. The minimum Gasteiger partial charge on any atom is -0.243 e. The Kier molecular flexibility index (Phi) is 2.51. The molecule has 14 heavy (non-hydrogen) atoms. The van der Waals surface area contributed by atoms with Crippen LogP contribution in [0.5, 0.6) is 0 Å². The van der Waals surface area contributed by atoms with E-state index in [0.29, 0.717) is 10.1 Å². The average Bonchev–Trinajstić information content (AvgIpc) is 2.61. The Morgan fingerprint density at radius 1 is 1.50 bits per heavy atom. The summed E-state index contributed by atoms with van der Waals surface area (Å²) in [6, 6.07) is 0. The molecule has 0 atom stereocenters. The molecule has 7 heteroatoms. The van der Waals surface area contributed by atoms with E-state index in [4.69, 9.17) is 0 Å². The lowest BCUT2D eigenvalue weighted by molar-refractivity contribution is 0.773. The lowest BCUT2D eigenvalue weighted by Gasteiger charge is -1.91. The van der Waals surface area contributed by atoms with E-state index in [-0.39, 0.29) is 5.69 Å². The van der Waals surface area contributed by atoms with Gasteiger partial charge in [0.05, 0.1) is 0 Å². The topological polar surface area (TPSA) is 60.2 Å². The molecule has 0 spiro atoms. The molecule has 0 aliphatic rings. The molecule has 74 valence electrons. The van der Waals surface area contributed by atoms with Crippen molar-refractivity contribution in [2.45, 2.75) is 18.5 Å². The molecule has 5 nitrogen and oxygen atoms in total. The van der Waals surface area contributed by atoms with E-state index in [2.05, 4.69) is 15.1 Å². The summed E-state index contributed by atoms with van der Waals surface area (Å²) in [4.78, 5) is 20.0. The second-order valence-corrected chi connectivity index (χ2v) is 4.35. The molecule has 2 heterocycles. The smallest absolute Gasteiger partial charge is 0.243 e. The van der Waals surface area contributed by atoms with E-state index in [9.17, 15) is 4.79 Å². The fourth-order valence-electron chi connectivity index (χ4n) is 0.988. The summed E-state index contributed by atoms with van der Waals surface area (Å²) >= 11 is 2.79. The number of nitrogens with zero attached hydrogens (tertiary/aromatic N) is 4. The van der Waals surface area contributed by atoms with Gasteiger partial charge in [-0.2, -0.15) is 19.6 Å². The highest BCUT2D eigenvalue weighted by atomic mass is 32.2. The molecule has 2 rings (SSSR count).